The molecule has 0 saturated carbocycles. The van der Waals surface area contributed by atoms with Crippen LogP contribution in [0.2, 0.25) is 0 Å². The van der Waals surface area contributed by atoms with Gasteiger partial charge < -0.3 is 4.90 Å². The van der Waals surface area contributed by atoms with Crippen molar-refractivity contribution in [2.45, 2.75) is 26.3 Å². The maximum atomic E-state index is 12.8. The first kappa shape index (κ1) is 16.9. The minimum Gasteiger partial charge on any atom is -0.311 e. The highest BCUT2D eigenvalue weighted by Gasteiger charge is 2.17. The van der Waals surface area contributed by atoms with Gasteiger partial charge in [-0.2, -0.15) is 5.10 Å². The first-order valence-electron chi connectivity index (χ1n) is 8.34. The molecule has 0 spiro atoms. The van der Waals surface area contributed by atoms with E-state index in [1.165, 1.54) is 17.1 Å². The van der Waals surface area contributed by atoms with Gasteiger partial charge in [0.25, 0.3) is 5.56 Å². The zero-order chi connectivity index (χ0) is 17.8. The number of benzene rings is 1. The van der Waals surface area contributed by atoms with Crippen LogP contribution in [0.4, 0.5) is 5.69 Å². The van der Waals surface area contributed by atoms with Crippen molar-refractivity contribution in [2.24, 2.45) is 7.05 Å². The van der Waals surface area contributed by atoms with Crippen molar-refractivity contribution in [3.63, 3.8) is 0 Å². The Kier molecular flexibility index (Phi) is 4.92. The van der Waals surface area contributed by atoms with Crippen molar-refractivity contribution >= 4 is 22.6 Å². The molecular weight excluding hydrogens is 318 g/mol. The van der Waals surface area contributed by atoms with Gasteiger partial charge in [0, 0.05) is 19.3 Å². The van der Waals surface area contributed by atoms with Crippen LogP contribution < -0.4 is 10.5 Å². The zero-order valence-electron chi connectivity index (χ0n) is 14.4. The van der Waals surface area contributed by atoms with Crippen LogP contribution in [0.5, 0.6) is 0 Å². The van der Waals surface area contributed by atoms with Gasteiger partial charge in [0.15, 0.2) is 5.65 Å². The van der Waals surface area contributed by atoms with Crippen LogP contribution in [0.15, 0.2) is 47.7 Å². The molecule has 0 aliphatic heterocycles. The topological polar surface area (TPSA) is 73.0 Å². The average molecular weight is 339 g/mol. The van der Waals surface area contributed by atoms with Crippen molar-refractivity contribution in [2.75, 3.05) is 11.4 Å². The molecule has 1 amide bonds. The number of rotatable bonds is 6. The highest BCUT2D eigenvalue weighted by Crippen LogP contribution is 2.15. The van der Waals surface area contributed by atoms with E-state index in [9.17, 15) is 9.59 Å². The average Bonchev–Trinajstić information content (AvgIpc) is 3.00. The minimum atomic E-state index is -0.255. The molecule has 7 heteroatoms. The molecule has 1 aromatic carbocycles. The number of fused-ring (bicyclic) bond motifs is 1. The summed E-state index contributed by atoms with van der Waals surface area (Å²) in [5.41, 5.74) is 1.10. The van der Waals surface area contributed by atoms with Gasteiger partial charge in [0.05, 0.1) is 6.20 Å². The van der Waals surface area contributed by atoms with Crippen LogP contribution in [0, 0.1) is 0 Å². The molecular formula is C18H21N5O2. The minimum absolute atomic E-state index is 0.0464. The largest absolute Gasteiger partial charge is 0.311 e. The lowest BCUT2D eigenvalue weighted by Crippen LogP contribution is -2.37. The summed E-state index contributed by atoms with van der Waals surface area (Å²) in [4.78, 5) is 31.3. The van der Waals surface area contributed by atoms with Crippen molar-refractivity contribution in [3.05, 3.63) is 53.2 Å². The highest BCUT2D eigenvalue weighted by atomic mass is 16.2. The smallest absolute Gasteiger partial charge is 0.264 e. The molecule has 0 aliphatic carbocycles. The molecule has 25 heavy (non-hydrogen) atoms. The van der Waals surface area contributed by atoms with Crippen molar-refractivity contribution in [3.8, 4) is 0 Å². The molecule has 3 aromatic rings. The van der Waals surface area contributed by atoms with Crippen LogP contribution in [-0.4, -0.2) is 31.8 Å². The van der Waals surface area contributed by atoms with Gasteiger partial charge in [-0.1, -0.05) is 31.5 Å². The number of nitrogens with zero attached hydrogens (tertiary/aromatic N) is 5. The summed E-state index contributed by atoms with van der Waals surface area (Å²) >= 11 is 0. The number of para-hydroxylation sites is 1. The lowest BCUT2D eigenvalue weighted by molar-refractivity contribution is -0.119. The molecule has 0 atom stereocenters. The number of carbonyl (C=O) groups excluding carboxylic acids is 1. The van der Waals surface area contributed by atoms with E-state index in [1.54, 1.807) is 16.6 Å². The Morgan fingerprint density at radius 1 is 1.24 bits per heavy atom. The first-order chi connectivity index (χ1) is 12.1. The third-order valence-electron chi connectivity index (χ3n) is 4.13. The van der Waals surface area contributed by atoms with E-state index in [0.717, 1.165) is 18.5 Å². The summed E-state index contributed by atoms with van der Waals surface area (Å²) in [6, 6.07) is 9.52. The Balaban J connectivity index is 1.88. The third kappa shape index (κ3) is 3.45. The van der Waals surface area contributed by atoms with E-state index in [1.807, 2.05) is 30.3 Å². The standard InChI is InChI=1S/C18H21N5O2/c1-3-4-10-23(14-8-6-5-7-9-14)16(24)12-22-13-19-17-15(18(22)25)11-20-21(17)2/h5-9,11,13H,3-4,10,12H2,1-2H3. The van der Waals surface area contributed by atoms with E-state index in [4.69, 9.17) is 0 Å². The van der Waals surface area contributed by atoms with Crippen molar-refractivity contribution in [1.29, 1.82) is 0 Å². The Labute approximate surface area is 145 Å². The molecule has 7 nitrogen and oxygen atoms in total. The van der Waals surface area contributed by atoms with E-state index in [2.05, 4.69) is 17.0 Å². The molecule has 0 fully saturated rings. The molecule has 0 N–H and O–H groups in total. The summed E-state index contributed by atoms with van der Waals surface area (Å²) in [5.74, 6) is -0.133. The Hall–Kier alpha value is -2.96. The lowest BCUT2D eigenvalue weighted by Gasteiger charge is -2.23. The fraction of sp³-hybridized carbons (Fsp3) is 0.333. The Morgan fingerprint density at radius 2 is 2.00 bits per heavy atom. The van der Waals surface area contributed by atoms with Gasteiger partial charge in [-0.25, -0.2) is 4.98 Å². The van der Waals surface area contributed by atoms with Crippen LogP contribution in [0.3, 0.4) is 0 Å². The van der Waals surface area contributed by atoms with Crippen molar-refractivity contribution < 1.29 is 4.79 Å². The second-order valence-corrected chi connectivity index (χ2v) is 5.92. The monoisotopic (exact) mass is 339 g/mol. The maximum Gasteiger partial charge on any atom is 0.264 e. The van der Waals surface area contributed by atoms with E-state index in [-0.39, 0.29) is 18.0 Å². The first-order valence-corrected chi connectivity index (χ1v) is 8.34. The van der Waals surface area contributed by atoms with Crippen molar-refractivity contribution in [1.82, 2.24) is 19.3 Å². The molecule has 2 aromatic heterocycles. The quantitative estimate of drug-likeness (QED) is 0.688. The zero-order valence-corrected chi connectivity index (χ0v) is 14.4. The number of aryl methyl sites for hydroxylation is 1. The number of hydrogen-bond donors (Lipinski definition) is 0. The number of hydrogen-bond acceptors (Lipinski definition) is 4. The number of unbranched alkanes of at least 4 members (excludes halogenated alkanes) is 1. The molecule has 0 unspecified atom stereocenters. The van der Waals surface area contributed by atoms with E-state index < -0.39 is 0 Å². The predicted molar refractivity (Wildman–Crippen MR) is 96.5 cm³/mol. The predicted octanol–water partition coefficient (Wildman–Crippen LogP) is 1.96. The molecule has 0 radical (unpaired) electrons. The molecule has 0 bridgehead atoms. The summed E-state index contributed by atoms with van der Waals surface area (Å²) in [6.45, 7) is 2.66. The maximum absolute atomic E-state index is 12.8. The second kappa shape index (κ2) is 7.29. The van der Waals surface area contributed by atoms with Gasteiger partial charge in [-0.05, 0) is 18.6 Å². The molecule has 3 rings (SSSR count). The molecule has 2 heterocycles. The van der Waals surface area contributed by atoms with Crippen LogP contribution in [-0.2, 0) is 18.4 Å². The fourth-order valence-corrected chi connectivity index (χ4v) is 2.73. The Bertz CT molecular complexity index is 930. The summed E-state index contributed by atoms with van der Waals surface area (Å²) in [6.07, 6.45) is 4.78. The van der Waals surface area contributed by atoms with Gasteiger partial charge in [-0.15, -0.1) is 0 Å². The van der Waals surface area contributed by atoms with Gasteiger partial charge >= 0.3 is 0 Å². The van der Waals surface area contributed by atoms with E-state index >= 15 is 0 Å². The number of carbonyl (C=O) groups is 1. The van der Waals surface area contributed by atoms with Gasteiger partial charge in [0.2, 0.25) is 5.91 Å². The van der Waals surface area contributed by atoms with Gasteiger partial charge in [0.1, 0.15) is 18.3 Å². The third-order valence-corrected chi connectivity index (χ3v) is 4.13. The molecule has 130 valence electrons. The highest BCUT2D eigenvalue weighted by molar-refractivity contribution is 5.93. The number of anilines is 1. The van der Waals surface area contributed by atoms with Gasteiger partial charge in [-0.3, -0.25) is 18.8 Å². The summed E-state index contributed by atoms with van der Waals surface area (Å²) in [5, 5.41) is 4.46. The van der Waals surface area contributed by atoms with Crippen LogP contribution in [0.1, 0.15) is 19.8 Å². The normalized spacial score (nSPS) is 11.0. The number of amides is 1. The fourth-order valence-electron chi connectivity index (χ4n) is 2.73. The number of aromatic nitrogens is 4. The molecule has 0 aliphatic rings. The lowest BCUT2D eigenvalue weighted by atomic mass is 10.2. The summed E-state index contributed by atoms with van der Waals surface area (Å²) in [7, 11) is 1.73. The molecule has 0 saturated heterocycles. The van der Waals surface area contributed by atoms with E-state index in [0.29, 0.717) is 17.6 Å². The summed E-state index contributed by atoms with van der Waals surface area (Å²) < 4.78 is 2.88. The SMILES string of the molecule is CCCCN(C(=O)Cn1cnc2c(cnn2C)c1=O)c1ccccc1. The Morgan fingerprint density at radius 3 is 2.72 bits per heavy atom. The van der Waals surface area contributed by atoms with Crippen LogP contribution in [0.25, 0.3) is 11.0 Å². The second-order valence-electron chi connectivity index (χ2n) is 5.92. The van der Waals surface area contributed by atoms with Crippen LogP contribution >= 0.6 is 0 Å².